The first kappa shape index (κ1) is 12.0. The number of hydrogen-bond donors (Lipinski definition) is 2. The van der Waals surface area contributed by atoms with Crippen LogP contribution in [-0.4, -0.2) is 32.2 Å². The van der Waals surface area contributed by atoms with Gasteiger partial charge in [-0.25, -0.2) is 0 Å². The lowest BCUT2D eigenvalue weighted by Crippen LogP contribution is -2.12. The van der Waals surface area contributed by atoms with E-state index in [4.69, 9.17) is 4.55 Å². The zero-order chi connectivity index (χ0) is 11.6. The molecule has 1 rings (SSSR count). The van der Waals surface area contributed by atoms with E-state index < -0.39 is 15.6 Å². The van der Waals surface area contributed by atoms with Gasteiger partial charge in [-0.3, -0.25) is 4.55 Å². The normalized spacial score (nSPS) is 13.6. The fourth-order valence-electron chi connectivity index (χ4n) is 1.11. The van der Waals surface area contributed by atoms with Crippen molar-refractivity contribution in [1.29, 1.82) is 0 Å². The van der Waals surface area contributed by atoms with Crippen molar-refractivity contribution in [3.63, 3.8) is 0 Å². The van der Waals surface area contributed by atoms with Crippen LogP contribution in [0.1, 0.15) is 11.0 Å². The number of benzene rings is 1. The van der Waals surface area contributed by atoms with Crippen molar-refractivity contribution in [1.82, 2.24) is 0 Å². The Morgan fingerprint density at radius 1 is 1.20 bits per heavy atom. The van der Waals surface area contributed by atoms with Crippen LogP contribution in [0.5, 0.6) is 0 Å². The van der Waals surface area contributed by atoms with Gasteiger partial charge in [-0.15, -0.1) is 0 Å². The summed E-state index contributed by atoms with van der Waals surface area (Å²) < 4.78 is 29.9. The summed E-state index contributed by atoms with van der Waals surface area (Å²) in [6.45, 7) is 0. The number of aliphatic hydroxyl groups is 1. The van der Waals surface area contributed by atoms with Crippen molar-refractivity contribution in [3.8, 4) is 0 Å². The molecule has 2 N–H and O–H groups in total. The Hall–Kier alpha value is -1.11. The van der Waals surface area contributed by atoms with Crippen LogP contribution in [0.25, 0.3) is 0 Å². The van der Waals surface area contributed by atoms with Gasteiger partial charge in [0.15, 0.2) is 0 Å². The van der Waals surface area contributed by atoms with E-state index in [1.807, 2.05) is 19.0 Å². The molecular formula is C9H13NO4S. The summed E-state index contributed by atoms with van der Waals surface area (Å²) in [6.07, 6.45) is 0. The molecular weight excluding hydrogens is 218 g/mol. The highest BCUT2D eigenvalue weighted by Gasteiger charge is 2.21. The summed E-state index contributed by atoms with van der Waals surface area (Å²) in [7, 11) is -0.764. The molecule has 0 aromatic heterocycles. The first-order valence-corrected chi connectivity index (χ1v) is 5.74. The van der Waals surface area contributed by atoms with Crippen molar-refractivity contribution in [2.75, 3.05) is 19.0 Å². The summed E-state index contributed by atoms with van der Waals surface area (Å²) in [5, 5.41) is 9.23. The number of rotatable bonds is 3. The molecule has 0 fully saturated rings. The predicted octanol–water partition coefficient (Wildman–Crippen LogP) is 0.631. The lowest BCUT2D eigenvalue weighted by Gasteiger charge is -2.13. The topological polar surface area (TPSA) is 77.8 Å². The summed E-state index contributed by atoms with van der Waals surface area (Å²) >= 11 is 0. The molecule has 15 heavy (non-hydrogen) atoms. The Morgan fingerprint density at radius 3 is 2.00 bits per heavy atom. The summed E-state index contributed by atoms with van der Waals surface area (Å²) in [6, 6.07) is 6.22. The maximum Gasteiger partial charge on any atom is 0.296 e. The van der Waals surface area contributed by atoms with Crippen molar-refractivity contribution in [2.45, 2.75) is 5.44 Å². The molecule has 0 saturated heterocycles. The SMILES string of the molecule is CN(C)c1ccc([C@@H](O)S(=O)(=O)O)cc1. The van der Waals surface area contributed by atoms with Crippen LogP contribution in [-0.2, 0) is 10.1 Å². The molecule has 0 aliphatic rings. The van der Waals surface area contributed by atoms with Gasteiger partial charge in [0.05, 0.1) is 0 Å². The highest BCUT2D eigenvalue weighted by atomic mass is 32.2. The molecule has 5 nitrogen and oxygen atoms in total. The average molecular weight is 231 g/mol. The van der Waals surface area contributed by atoms with Gasteiger partial charge in [0.2, 0.25) is 5.44 Å². The second-order valence-electron chi connectivity index (χ2n) is 3.35. The highest BCUT2D eigenvalue weighted by Crippen LogP contribution is 2.21. The van der Waals surface area contributed by atoms with Crippen LogP contribution < -0.4 is 4.90 Å². The third-order valence-electron chi connectivity index (χ3n) is 1.98. The van der Waals surface area contributed by atoms with Crippen LogP contribution in [0, 0.1) is 0 Å². The fourth-order valence-corrected chi connectivity index (χ4v) is 1.61. The van der Waals surface area contributed by atoms with Crippen molar-refractivity contribution >= 4 is 15.8 Å². The van der Waals surface area contributed by atoms with E-state index in [0.717, 1.165) is 5.69 Å². The second-order valence-corrected chi connectivity index (χ2v) is 4.83. The second kappa shape index (κ2) is 4.18. The van der Waals surface area contributed by atoms with E-state index in [0.29, 0.717) is 0 Å². The maximum absolute atomic E-state index is 10.6. The van der Waals surface area contributed by atoms with Crippen LogP contribution >= 0.6 is 0 Å². The Bertz CT molecular complexity index is 424. The molecule has 0 spiro atoms. The molecule has 0 amide bonds. The van der Waals surface area contributed by atoms with E-state index in [-0.39, 0.29) is 5.56 Å². The first-order chi connectivity index (χ1) is 6.82. The van der Waals surface area contributed by atoms with Crippen molar-refractivity contribution in [3.05, 3.63) is 29.8 Å². The number of anilines is 1. The van der Waals surface area contributed by atoms with Gasteiger partial charge < -0.3 is 10.0 Å². The molecule has 6 heteroatoms. The number of aliphatic hydroxyl groups excluding tert-OH is 1. The molecule has 0 saturated carbocycles. The Kier molecular flexibility index (Phi) is 3.33. The van der Waals surface area contributed by atoms with E-state index in [2.05, 4.69) is 0 Å². The standard InChI is InChI=1S/C9H13NO4S/c1-10(2)8-5-3-7(4-6-8)9(11)15(12,13)14/h3-6,9,11H,1-2H3,(H,12,13,14)/t9-/m0/s1. The summed E-state index contributed by atoms with van der Waals surface area (Å²) in [5.41, 5.74) is -0.863. The lowest BCUT2D eigenvalue weighted by atomic mass is 10.2. The zero-order valence-corrected chi connectivity index (χ0v) is 9.27. The minimum Gasteiger partial charge on any atom is -0.378 e. The van der Waals surface area contributed by atoms with Crippen LogP contribution in [0.4, 0.5) is 5.69 Å². The molecule has 84 valence electrons. The van der Waals surface area contributed by atoms with Gasteiger partial charge in [-0.2, -0.15) is 8.42 Å². The van der Waals surface area contributed by atoms with E-state index in [1.165, 1.54) is 12.1 Å². The number of nitrogens with zero attached hydrogens (tertiary/aromatic N) is 1. The average Bonchev–Trinajstić information content (AvgIpc) is 2.15. The minimum absolute atomic E-state index is 0.142. The monoisotopic (exact) mass is 231 g/mol. The van der Waals surface area contributed by atoms with E-state index in [1.54, 1.807) is 12.1 Å². The number of hydrogen-bond acceptors (Lipinski definition) is 4. The summed E-state index contributed by atoms with van der Waals surface area (Å²) in [4.78, 5) is 1.84. The Morgan fingerprint density at radius 2 is 1.67 bits per heavy atom. The van der Waals surface area contributed by atoms with Gasteiger partial charge in [0.25, 0.3) is 10.1 Å². The molecule has 0 unspecified atom stereocenters. The molecule has 0 bridgehead atoms. The molecule has 1 aromatic carbocycles. The van der Waals surface area contributed by atoms with Gasteiger partial charge in [0.1, 0.15) is 0 Å². The first-order valence-electron chi connectivity index (χ1n) is 4.24. The summed E-state index contributed by atoms with van der Waals surface area (Å²) in [5.74, 6) is 0. The molecule has 1 aromatic rings. The molecule has 0 radical (unpaired) electrons. The van der Waals surface area contributed by atoms with Crippen LogP contribution in [0.3, 0.4) is 0 Å². The Labute approximate surface area is 88.7 Å². The third-order valence-corrected chi connectivity index (χ3v) is 2.81. The smallest absolute Gasteiger partial charge is 0.296 e. The fraction of sp³-hybridized carbons (Fsp3) is 0.333. The van der Waals surface area contributed by atoms with Gasteiger partial charge in [0, 0.05) is 19.8 Å². The van der Waals surface area contributed by atoms with Crippen LogP contribution in [0.15, 0.2) is 24.3 Å². The minimum atomic E-state index is -4.45. The third kappa shape index (κ3) is 2.92. The quantitative estimate of drug-likeness (QED) is 0.746. The van der Waals surface area contributed by atoms with Gasteiger partial charge >= 0.3 is 0 Å². The molecule has 1 atom stereocenters. The zero-order valence-electron chi connectivity index (χ0n) is 8.45. The molecule has 0 aliphatic heterocycles. The van der Waals surface area contributed by atoms with Gasteiger partial charge in [-0.1, -0.05) is 12.1 Å². The van der Waals surface area contributed by atoms with Gasteiger partial charge in [-0.05, 0) is 17.7 Å². The Balaban J connectivity index is 3.00. The molecule has 0 aliphatic carbocycles. The van der Waals surface area contributed by atoms with Crippen molar-refractivity contribution < 1.29 is 18.1 Å². The highest BCUT2D eigenvalue weighted by molar-refractivity contribution is 7.85. The van der Waals surface area contributed by atoms with E-state index >= 15 is 0 Å². The predicted molar refractivity (Wildman–Crippen MR) is 57.3 cm³/mol. The van der Waals surface area contributed by atoms with E-state index in [9.17, 15) is 13.5 Å². The van der Waals surface area contributed by atoms with Crippen LogP contribution in [0.2, 0.25) is 0 Å². The molecule has 0 heterocycles. The largest absolute Gasteiger partial charge is 0.378 e. The van der Waals surface area contributed by atoms with Crippen molar-refractivity contribution in [2.24, 2.45) is 0 Å². The lowest BCUT2D eigenvalue weighted by molar-refractivity contribution is 0.238. The maximum atomic E-state index is 10.6.